The number of rotatable bonds is 3. The number of esters is 1. The molecule has 1 saturated heterocycles. The Hall–Kier alpha value is -3.34. The fourth-order valence-electron chi connectivity index (χ4n) is 6.60. The fourth-order valence-corrected chi connectivity index (χ4v) is 6.60. The molecule has 0 spiro atoms. The summed E-state index contributed by atoms with van der Waals surface area (Å²) < 4.78 is 29.0. The minimum absolute atomic E-state index is 0.0206. The van der Waals surface area contributed by atoms with Crippen molar-refractivity contribution in [2.45, 2.75) is 44.6 Å². The van der Waals surface area contributed by atoms with E-state index >= 15 is 0 Å². The highest BCUT2D eigenvalue weighted by Gasteiger charge is 2.46. The molecule has 9 nitrogen and oxygen atoms in total. The molecule has 4 aliphatic heterocycles. The lowest BCUT2D eigenvalue weighted by molar-refractivity contribution is -0.172. The molecule has 10 heteroatoms. The maximum absolute atomic E-state index is 14.7. The van der Waals surface area contributed by atoms with Crippen molar-refractivity contribution in [2.75, 3.05) is 32.8 Å². The molecule has 1 N–H and O–H groups in total. The molecule has 2 aromatic heterocycles. The van der Waals surface area contributed by atoms with Crippen molar-refractivity contribution < 1.29 is 23.8 Å². The van der Waals surface area contributed by atoms with E-state index in [-0.39, 0.29) is 47.6 Å². The van der Waals surface area contributed by atoms with Gasteiger partial charge in [-0.15, -0.1) is 0 Å². The van der Waals surface area contributed by atoms with Crippen LogP contribution >= 0.6 is 0 Å². The van der Waals surface area contributed by atoms with Crippen molar-refractivity contribution in [3.63, 3.8) is 0 Å². The number of cyclic esters (lactones) is 1. The Morgan fingerprint density at radius 1 is 1.16 bits per heavy atom. The highest BCUT2D eigenvalue weighted by Crippen LogP contribution is 2.42. The fraction of sp³-hybridized carbons (Fsp3) is 0.444. The van der Waals surface area contributed by atoms with Crippen LogP contribution in [0, 0.1) is 5.82 Å². The summed E-state index contributed by atoms with van der Waals surface area (Å²) in [6.07, 6.45) is 0.605. The summed E-state index contributed by atoms with van der Waals surface area (Å²) >= 11 is 0. The predicted molar refractivity (Wildman–Crippen MR) is 131 cm³/mol. The van der Waals surface area contributed by atoms with E-state index < -0.39 is 22.9 Å². The SMILES string of the molecule is CC[C@@]1(O)C(=O)OCc2c1cc1n(c2=O)Cc2c-1c(=O)c1cc(F)cc3c1n2[C@@H](CN1CCOCC1)C3. The molecule has 3 aromatic rings. The Balaban J connectivity index is 1.48. The number of aromatic nitrogens is 2. The Labute approximate surface area is 210 Å². The number of halogens is 1. The van der Waals surface area contributed by atoms with Gasteiger partial charge in [0, 0.05) is 30.6 Å². The van der Waals surface area contributed by atoms with E-state index in [0.29, 0.717) is 43.1 Å². The number of fused-ring (bicyclic) bond motifs is 5. The molecule has 7 rings (SSSR count). The van der Waals surface area contributed by atoms with Crippen LogP contribution in [0.3, 0.4) is 0 Å². The van der Waals surface area contributed by atoms with Gasteiger partial charge in [-0.1, -0.05) is 6.92 Å². The third kappa shape index (κ3) is 3.03. The van der Waals surface area contributed by atoms with Crippen molar-refractivity contribution >= 4 is 16.9 Å². The number of benzene rings is 1. The molecule has 0 radical (unpaired) electrons. The number of morpholine rings is 1. The van der Waals surface area contributed by atoms with Gasteiger partial charge in [0.1, 0.15) is 12.4 Å². The summed E-state index contributed by atoms with van der Waals surface area (Å²) in [5.74, 6) is -1.28. The second kappa shape index (κ2) is 7.83. The van der Waals surface area contributed by atoms with E-state index in [1.807, 2.05) is 0 Å². The largest absolute Gasteiger partial charge is 0.458 e. The molecule has 0 saturated carbocycles. The minimum Gasteiger partial charge on any atom is -0.458 e. The van der Waals surface area contributed by atoms with Crippen LogP contribution in [-0.4, -0.2) is 58.0 Å². The average molecular weight is 508 g/mol. The smallest absolute Gasteiger partial charge is 0.343 e. The van der Waals surface area contributed by atoms with Crippen LogP contribution < -0.4 is 11.0 Å². The standard InChI is InChI=1S/C27H26FN3O6/c1-2-27(35)19-10-20-22-21(12-30(20)25(33)18(19)13-37-26(27)34)31-16(11-29-3-5-36-6-4-29)8-14-7-15(28)9-17(23(14)31)24(22)32/h7,9-10,16,35H,2-6,8,11-13H2,1H3/t16-,27+/m1/s1. The Morgan fingerprint density at radius 2 is 1.95 bits per heavy atom. The average Bonchev–Trinajstić information content (AvgIpc) is 3.44. The van der Waals surface area contributed by atoms with E-state index in [4.69, 9.17) is 9.47 Å². The number of aliphatic hydroxyl groups is 1. The van der Waals surface area contributed by atoms with Crippen LogP contribution in [0.1, 0.15) is 41.8 Å². The number of hydrogen-bond donors (Lipinski definition) is 1. The van der Waals surface area contributed by atoms with Crippen molar-refractivity contribution in [3.05, 3.63) is 67.0 Å². The molecule has 4 aliphatic rings. The molecule has 37 heavy (non-hydrogen) atoms. The Bertz CT molecular complexity index is 1640. The summed E-state index contributed by atoms with van der Waals surface area (Å²) in [6, 6.07) is 4.32. The van der Waals surface area contributed by atoms with Gasteiger partial charge in [0.05, 0.1) is 53.8 Å². The summed E-state index contributed by atoms with van der Waals surface area (Å²) in [5.41, 5.74) is 0.574. The number of carbonyl (C=O) groups excluding carboxylic acids is 1. The van der Waals surface area contributed by atoms with Crippen molar-refractivity contribution in [1.82, 2.24) is 14.0 Å². The lowest BCUT2D eigenvalue weighted by Crippen LogP contribution is -2.44. The van der Waals surface area contributed by atoms with Gasteiger partial charge in [0.15, 0.2) is 11.0 Å². The van der Waals surface area contributed by atoms with Gasteiger partial charge in [-0.3, -0.25) is 14.5 Å². The molecule has 0 aliphatic carbocycles. The summed E-state index contributed by atoms with van der Waals surface area (Å²) in [6.45, 7) is 5.19. The quantitative estimate of drug-likeness (QED) is 0.419. The molecule has 0 bridgehead atoms. The first-order valence-corrected chi connectivity index (χ1v) is 12.7. The number of nitrogens with zero attached hydrogens (tertiary/aromatic N) is 3. The van der Waals surface area contributed by atoms with Crippen LogP contribution in [0.15, 0.2) is 27.8 Å². The molecule has 0 unspecified atom stereocenters. The normalized spacial score (nSPS) is 24.2. The van der Waals surface area contributed by atoms with E-state index in [2.05, 4.69) is 9.47 Å². The second-order valence-corrected chi connectivity index (χ2v) is 10.4. The topological polar surface area (TPSA) is 103 Å². The third-order valence-electron chi connectivity index (χ3n) is 8.45. The number of ether oxygens (including phenoxy) is 2. The van der Waals surface area contributed by atoms with Crippen LogP contribution in [0.4, 0.5) is 4.39 Å². The van der Waals surface area contributed by atoms with E-state index in [9.17, 15) is 23.9 Å². The van der Waals surface area contributed by atoms with Crippen molar-refractivity contribution in [2.24, 2.45) is 0 Å². The first-order chi connectivity index (χ1) is 17.8. The van der Waals surface area contributed by atoms with Gasteiger partial charge >= 0.3 is 5.97 Å². The summed E-state index contributed by atoms with van der Waals surface area (Å²) in [5, 5.41) is 11.4. The first-order valence-electron chi connectivity index (χ1n) is 12.7. The van der Waals surface area contributed by atoms with Gasteiger partial charge in [0.2, 0.25) is 0 Å². The Morgan fingerprint density at radius 3 is 2.70 bits per heavy atom. The van der Waals surface area contributed by atoms with Crippen LogP contribution in [0.5, 0.6) is 0 Å². The van der Waals surface area contributed by atoms with E-state index in [1.54, 1.807) is 13.0 Å². The van der Waals surface area contributed by atoms with E-state index in [1.165, 1.54) is 16.7 Å². The van der Waals surface area contributed by atoms with Gasteiger partial charge in [-0.25, -0.2) is 9.18 Å². The van der Waals surface area contributed by atoms with E-state index in [0.717, 1.165) is 24.2 Å². The first kappa shape index (κ1) is 22.8. The molecule has 6 heterocycles. The third-order valence-corrected chi connectivity index (χ3v) is 8.45. The van der Waals surface area contributed by atoms with Crippen molar-refractivity contribution in [3.8, 4) is 11.3 Å². The maximum Gasteiger partial charge on any atom is 0.343 e. The van der Waals surface area contributed by atoms with Gasteiger partial charge in [0.25, 0.3) is 5.56 Å². The Kier molecular flexibility index (Phi) is 4.83. The molecule has 192 valence electrons. The van der Waals surface area contributed by atoms with Gasteiger partial charge < -0.3 is 23.7 Å². The molecule has 1 fully saturated rings. The van der Waals surface area contributed by atoms with Crippen LogP contribution in [0.25, 0.3) is 22.2 Å². The minimum atomic E-state index is -1.97. The lowest BCUT2D eigenvalue weighted by atomic mass is 9.86. The molecular formula is C27H26FN3O6. The van der Waals surface area contributed by atoms with Crippen molar-refractivity contribution in [1.29, 1.82) is 0 Å². The zero-order valence-corrected chi connectivity index (χ0v) is 20.4. The number of carbonyl (C=O) groups is 1. The maximum atomic E-state index is 14.7. The lowest BCUT2D eigenvalue weighted by Gasteiger charge is -2.31. The van der Waals surface area contributed by atoms with Crippen LogP contribution in [-0.2, 0) is 39.4 Å². The molecule has 1 aromatic carbocycles. The predicted octanol–water partition coefficient (Wildman–Crippen LogP) is 1.41. The number of pyridine rings is 2. The highest BCUT2D eigenvalue weighted by molar-refractivity contribution is 5.90. The second-order valence-electron chi connectivity index (χ2n) is 10.4. The number of hydrogen-bond acceptors (Lipinski definition) is 7. The zero-order chi connectivity index (χ0) is 25.6. The summed E-state index contributed by atoms with van der Waals surface area (Å²) in [4.78, 5) is 42.3. The van der Waals surface area contributed by atoms with Crippen LogP contribution in [0.2, 0.25) is 0 Å². The highest BCUT2D eigenvalue weighted by atomic mass is 19.1. The summed E-state index contributed by atoms with van der Waals surface area (Å²) in [7, 11) is 0. The molecule has 2 atom stereocenters. The van der Waals surface area contributed by atoms with Gasteiger partial charge in [-0.2, -0.15) is 0 Å². The monoisotopic (exact) mass is 507 g/mol. The molecular weight excluding hydrogens is 481 g/mol. The van der Waals surface area contributed by atoms with Gasteiger partial charge in [-0.05, 0) is 36.6 Å². The molecule has 0 amide bonds. The zero-order valence-electron chi connectivity index (χ0n) is 20.4.